The molecule has 0 spiro atoms. The Hall–Kier alpha value is -1.07. The first kappa shape index (κ1) is 12.9. The van der Waals surface area contributed by atoms with Gasteiger partial charge in [0.1, 0.15) is 11.3 Å². The van der Waals surface area contributed by atoms with E-state index >= 15 is 0 Å². The Labute approximate surface area is 117 Å². The minimum atomic E-state index is 0.212. The molecule has 3 rings (SSSR count). The average Bonchev–Trinajstić information content (AvgIpc) is 2.85. The van der Waals surface area contributed by atoms with Crippen molar-refractivity contribution in [1.29, 1.82) is 0 Å². The van der Waals surface area contributed by atoms with E-state index in [0.717, 1.165) is 30.0 Å². The summed E-state index contributed by atoms with van der Waals surface area (Å²) in [5, 5.41) is 9.57. The van der Waals surface area contributed by atoms with Crippen LogP contribution in [-0.4, -0.2) is 32.0 Å². The fourth-order valence-electron chi connectivity index (χ4n) is 2.62. The first-order chi connectivity index (χ1) is 9.40. The molecule has 1 aliphatic heterocycles. The topological polar surface area (TPSA) is 50.9 Å². The molecule has 5 heteroatoms. The monoisotopic (exact) mass is 277 g/mol. The van der Waals surface area contributed by atoms with Crippen LogP contribution in [0.25, 0.3) is 11.2 Å². The van der Waals surface area contributed by atoms with Crippen LogP contribution in [0.3, 0.4) is 0 Å². The third-order valence-electron chi connectivity index (χ3n) is 3.54. The molecule has 0 radical (unpaired) electrons. The Morgan fingerprint density at radius 1 is 1.42 bits per heavy atom. The van der Waals surface area contributed by atoms with Crippen LogP contribution in [0, 0.1) is 0 Å². The number of aryl methyl sites for hydroxylation is 1. The Balaban J connectivity index is 2.00. The Morgan fingerprint density at radius 2 is 2.37 bits per heavy atom. The zero-order valence-electron chi connectivity index (χ0n) is 11.0. The van der Waals surface area contributed by atoms with Gasteiger partial charge in [-0.3, -0.25) is 0 Å². The molecule has 0 aromatic carbocycles. The van der Waals surface area contributed by atoms with Gasteiger partial charge in [-0.05, 0) is 37.1 Å². The number of nitrogens with zero attached hydrogens (tertiary/aromatic N) is 3. The van der Waals surface area contributed by atoms with Gasteiger partial charge < -0.3 is 9.67 Å². The van der Waals surface area contributed by atoms with Crippen molar-refractivity contribution in [2.45, 2.75) is 37.5 Å². The summed E-state index contributed by atoms with van der Waals surface area (Å²) in [7, 11) is 0. The number of thioether (sulfide) groups is 1. The molecule has 1 unspecified atom stereocenters. The third kappa shape index (κ3) is 2.62. The molecule has 4 nitrogen and oxygen atoms in total. The van der Waals surface area contributed by atoms with Crippen LogP contribution in [0.1, 0.15) is 36.8 Å². The largest absolute Gasteiger partial charge is 0.396 e. The molecule has 1 fully saturated rings. The smallest absolute Gasteiger partial charge is 0.160 e. The highest BCUT2D eigenvalue weighted by atomic mass is 32.2. The van der Waals surface area contributed by atoms with Crippen molar-refractivity contribution in [3.05, 3.63) is 24.2 Å². The number of aliphatic hydroxyl groups is 1. The molecule has 2 aromatic heterocycles. The molecular weight excluding hydrogens is 258 g/mol. The average molecular weight is 277 g/mol. The molecule has 0 bridgehead atoms. The number of fused-ring (bicyclic) bond motifs is 1. The normalized spacial score (nSPS) is 19.9. The summed E-state index contributed by atoms with van der Waals surface area (Å²) < 4.78 is 2.20. The van der Waals surface area contributed by atoms with Gasteiger partial charge in [-0.2, -0.15) is 11.8 Å². The number of rotatable bonds is 4. The van der Waals surface area contributed by atoms with Crippen LogP contribution in [0.4, 0.5) is 0 Å². The second-order valence-electron chi connectivity index (χ2n) is 4.90. The maximum absolute atomic E-state index is 9.08. The molecule has 2 aromatic rings. The summed E-state index contributed by atoms with van der Waals surface area (Å²) in [6, 6.07) is 3.96. The maximum atomic E-state index is 9.08. The van der Waals surface area contributed by atoms with Crippen LogP contribution in [0.2, 0.25) is 0 Å². The number of hydrogen-bond acceptors (Lipinski definition) is 4. The van der Waals surface area contributed by atoms with E-state index in [1.54, 1.807) is 0 Å². The Morgan fingerprint density at radius 3 is 3.16 bits per heavy atom. The van der Waals surface area contributed by atoms with Crippen molar-refractivity contribution in [3.8, 4) is 0 Å². The van der Waals surface area contributed by atoms with Crippen molar-refractivity contribution in [2.75, 3.05) is 12.4 Å². The zero-order chi connectivity index (χ0) is 13.1. The minimum Gasteiger partial charge on any atom is -0.396 e. The lowest BCUT2D eigenvalue weighted by Crippen LogP contribution is -2.11. The second-order valence-corrected chi connectivity index (χ2v) is 6.21. The fourth-order valence-corrected chi connectivity index (χ4v) is 3.93. The zero-order valence-corrected chi connectivity index (χ0v) is 11.8. The number of imidazole rings is 1. The van der Waals surface area contributed by atoms with Crippen molar-refractivity contribution < 1.29 is 5.11 Å². The standard InChI is InChI=1S/C14H19N3OS/c18-9-4-8-17-13-11(5-3-7-15-13)16-14(17)12-6-1-2-10-19-12/h3,5,7,12,18H,1-2,4,6,8-10H2. The van der Waals surface area contributed by atoms with Gasteiger partial charge in [0.05, 0.1) is 5.25 Å². The van der Waals surface area contributed by atoms with Gasteiger partial charge in [0, 0.05) is 19.3 Å². The van der Waals surface area contributed by atoms with Gasteiger partial charge in [-0.25, -0.2) is 9.97 Å². The molecular formula is C14H19N3OS. The molecule has 1 aliphatic rings. The van der Waals surface area contributed by atoms with E-state index in [1.165, 1.54) is 25.0 Å². The van der Waals surface area contributed by atoms with Crippen LogP contribution >= 0.6 is 11.8 Å². The predicted molar refractivity (Wildman–Crippen MR) is 78.3 cm³/mol. The maximum Gasteiger partial charge on any atom is 0.160 e. The van der Waals surface area contributed by atoms with Crippen LogP contribution in [-0.2, 0) is 6.54 Å². The van der Waals surface area contributed by atoms with Crippen molar-refractivity contribution >= 4 is 22.9 Å². The van der Waals surface area contributed by atoms with E-state index in [-0.39, 0.29) is 6.61 Å². The summed E-state index contributed by atoms with van der Waals surface area (Å²) in [5.74, 6) is 2.37. The third-order valence-corrected chi connectivity index (χ3v) is 4.91. The second kappa shape index (κ2) is 5.92. The molecule has 0 aliphatic carbocycles. The summed E-state index contributed by atoms with van der Waals surface area (Å²) in [5.41, 5.74) is 1.93. The van der Waals surface area contributed by atoms with Gasteiger partial charge in [0.25, 0.3) is 0 Å². The number of aromatic nitrogens is 3. The van der Waals surface area contributed by atoms with Crippen LogP contribution in [0.15, 0.2) is 18.3 Å². The fraction of sp³-hybridized carbons (Fsp3) is 0.571. The first-order valence-corrected chi connectivity index (χ1v) is 7.98. The highest BCUT2D eigenvalue weighted by molar-refractivity contribution is 7.99. The highest BCUT2D eigenvalue weighted by Crippen LogP contribution is 2.38. The van der Waals surface area contributed by atoms with Crippen molar-refractivity contribution in [1.82, 2.24) is 14.5 Å². The SMILES string of the molecule is OCCCn1c(C2CCCCS2)nc2cccnc21. The summed E-state index contributed by atoms with van der Waals surface area (Å²) in [6.07, 6.45) is 6.38. The first-order valence-electron chi connectivity index (χ1n) is 6.94. The molecule has 3 heterocycles. The quantitative estimate of drug-likeness (QED) is 0.933. The molecule has 0 amide bonds. The van der Waals surface area contributed by atoms with Crippen molar-refractivity contribution in [3.63, 3.8) is 0 Å². The predicted octanol–water partition coefficient (Wildman–Crippen LogP) is 2.77. The van der Waals surface area contributed by atoms with E-state index < -0.39 is 0 Å². The Kier molecular flexibility index (Phi) is 4.03. The minimum absolute atomic E-state index is 0.212. The summed E-state index contributed by atoms with van der Waals surface area (Å²) >= 11 is 2.01. The number of aliphatic hydroxyl groups excluding tert-OH is 1. The Bertz CT molecular complexity index is 549. The molecule has 1 atom stereocenters. The van der Waals surface area contributed by atoms with Gasteiger partial charge >= 0.3 is 0 Å². The van der Waals surface area contributed by atoms with E-state index in [1.807, 2.05) is 30.1 Å². The molecule has 1 saturated heterocycles. The highest BCUT2D eigenvalue weighted by Gasteiger charge is 2.23. The lowest BCUT2D eigenvalue weighted by molar-refractivity contribution is 0.279. The van der Waals surface area contributed by atoms with E-state index in [4.69, 9.17) is 10.1 Å². The van der Waals surface area contributed by atoms with Crippen LogP contribution in [0.5, 0.6) is 0 Å². The van der Waals surface area contributed by atoms with Crippen molar-refractivity contribution in [2.24, 2.45) is 0 Å². The van der Waals surface area contributed by atoms with E-state index in [2.05, 4.69) is 9.55 Å². The lowest BCUT2D eigenvalue weighted by Gasteiger charge is -2.21. The number of hydrogen-bond donors (Lipinski definition) is 1. The van der Waals surface area contributed by atoms with Crippen LogP contribution < -0.4 is 0 Å². The summed E-state index contributed by atoms with van der Waals surface area (Å²) in [4.78, 5) is 9.25. The number of pyridine rings is 1. The van der Waals surface area contributed by atoms with Gasteiger partial charge in [0.15, 0.2) is 5.65 Å². The van der Waals surface area contributed by atoms with Gasteiger partial charge in [-0.15, -0.1) is 0 Å². The van der Waals surface area contributed by atoms with E-state index in [9.17, 15) is 0 Å². The van der Waals surface area contributed by atoms with E-state index in [0.29, 0.717) is 5.25 Å². The molecule has 102 valence electrons. The lowest BCUT2D eigenvalue weighted by atomic mass is 10.2. The van der Waals surface area contributed by atoms with Gasteiger partial charge in [-0.1, -0.05) is 6.42 Å². The summed E-state index contributed by atoms with van der Waals surface area (Å²) in [6.45, 7) is 1.01. The molecule has 19 heavy (non-hydrogen) atoms. The molecule has 1 N–H and O–H groups in total. The molecule has 0 saturated carbocycles. The van der Waals surface area contributed by atoms with Gasteiger partial charge in [0.2, 0.25) is 0 Å².